The van der Waals surface area contributed by atoms with Gasteiger partial charge in [-0.25, -0.2) is 0 Å². The van der Waals surface area contributed by atoms with Gasteiger partial charge in [0.05, 0.1) is 11.4 Å². The van der Waals surface area contributed by atoms with Crippen molar-refractivity contribution in [3.8, 4) is 22.3 Å². The molecule has 0 radical (unpaired) electrons. The van der Waals surface area contributed by atoms with Gasteiger partial charge < -0.3 is 28.4 Å². The number of furan rings is 2. The predicted octanol–water partition coefficient (Wildman–Crippen LogP) is 29.8. The highest BCUT2D eigenvalue weighted by Gasteiger charge is 2.25. The first-order valence-electron chi connectivity index (χ1n) is 37.8. The maximum Gasteiger partial charge on any atom is 0.136 e. The second-order valence-electron chi connectivity index (χ2n) is 29.0. The molecule has 0 saturated heterocycles. The van der Waals surface area contributed by atoms with Gasteiger partial charge in [-0.05, 0) is 256 Å². The second-order valence-corrected chi connectivity index (χ2v) is 29.0. The number of hydrogen-bond donors (Lipinski definition) is 0. The van der Waals surface area contributed by atoms with E-state index >= 15 is 0 Å². The summed E-state index contributed by atoms with van der Waals surface area (Å²) in [4.78, 5) is 9.52. The van der Waals surface area contributed by atoms with E-state index < -0.39 is 0 Å². The maximum atomic E-state index is 6.78. The number of nitrogens with zero attached hydrogens (tertiary/aromatic N) is 4. The fraction of sp³-hybridized carbons (Fsp3) is 0.0385. The van der Waals surface area contributed by atoms with E-state index in [1.807, 2.05) is 0 Å². The van der Waals surface area contributed by atoms with Gasteiger partial charge in [0, 0.05) is 89.5 Å². The minimum Gasteiger partial charge on any atom is -0.456 e. The number of para-hydroxylation sites is 3. The van der Waals surface area contributed by atoms with Crippen molar-refractivity contribution in [2.45, 2.75) is 27.2 Å². The normalized spacial score (nSPS) is 11.6. The van der Waals surface area contributed by atoms with E-state index in [0.717, 1.165) is 178 Å². The molecule has 6 heteroatoms. The van der Waals surface area contributed by atoms with Gasteiger partial charge in [-0.15, -0.1) is 0 Å². The molecule has 0 fully saturated rings. The number of benzene rings is 18. The van der Waals surface area contributed by atoms with Gasteiger partial charge in [-0.1, -0.05) is 235 Å². The standard InChI is InChI=1S/C104H74N4O2/c1-68-28-41-81(42-29-68)105(82-43-30-69(2)31-44-82)85-49-53-90-75(64-85)37-58-97-101(90)102-91-54-50-86(65-76(91)38-59-98(102)109-97)106(83-45-32-70(3)33-46-83)84-47-34-71(35-48-84)62-72-36-57-96(94(63-72)74-20-10-5-11-21-74)108(80-24-14-7-15-25-80)88-52-56-93-78(67-88)40-61-100-104(93)103-92-55-51-87(66-77(92)39-60-99(103)110-100)107(79-22-12-6-13-23-79)95-27-17-16-26-89(95)73-18-8-4-9-19-73/h4-61,63-67H,62H2,1-3H3. The van der Waals surface area contributed by atoms with Gasteiger partial charge in [-0.2, -0.15) is 0 Å². The van der Waals surface area contributed by atoms with E-state index in [-0.39, 0.29) is 0 Å². The van der Waals surface area contributed by atoms with Crippen LogP contribution < -0.4 is 19.6 Å². The molecular weight excluding hydrogens is 1340 g/mol. The molecule has 2 heterocycles. The van der Waals surface area contributed by atoms with Crippen LogP contribution in [0.3, 0.4) is 0 Å². The molecule has 18 aromatic carbocycles. The smallest absolute Gasteiger partial charge is 0.136 e. The van der Waals surface area contributed by atoms with Crippen molar-refractivity contribution in [1.29, 1.82) is 0 Å². The Bertz CT molecular complexity index is 6830. The highest BCUT2D eigenvalue weighted by atomic mass is 16.3. The molecule has 20 aromatic rings. The number of rotatable bonds is 16. The summed E-state index contributed by atoms with van der Waals surface area (Å²) in [6.07, 6.45) is 0.739. The van der Waals surface area contributed by atoms with Crippen LogP contribution in [0.5, 0.6) is 0 Å². The third kappa shape index (κ3) is 11.8. The molecule has 0 saturated carbocycles. The number of anilines is 12. The van der Waals surface area contributed by atoms with Gasteiger partial charge >= 0.3 is 0 Å². The van der Waals surface area contributed by atoms with Crippen LogP contribution in [0.25, 0.3) is 109 Å². The summed E-state index contributed by atoms with van der Waals surface area (Å²) in [6, 6.07) is 139. The van der Waals surface area contributed by atoms with Crippen LogP contribution in [-0.2, 0) is 6.42 Å². The SMILES string of the molecule is Cc1ccc(N(c2ccc(C)cc2)c2ccc3c(ccc4oc5ccc6cc(N(c7ccc(C)cc7)c7ccc(Cc8ccc(N(c9ccccc9)c9ccc%10c(ccc%11oc%12ccc%13cc(N(c%14ccccc%14)c%14ccccc%14-c%14ccccc%14)ccc%13c%12c%11%10)c9)c(-c9ccccc9)c8)cc7)ccc6c5c43)c2)cc1. The molecule has 2 aromatic heterocycles. The zero-order valence-electron chi connectivity index (χ0n) is 61.2. The topological polar surface area (TPSA) is 39.2 Å². The summed E-state index contributed by atoms with van der Waals surface area (Å²) in [7, 11) is 0. The molecule has 522 valence electrons. The molecule has 0 N–H and O–H groups in total. The molecule has 0 spiro atoms. The first-order valence-corrected chi connectivity index (χ1v) is 37.8. The monoisotopic (exact) mass is 1410 g/mol. The summed E-state index contributed by atoms with van der Waals surface area (Å²) < 4.78 is 13.5. The lowest BCUT2D eigenvalue weighted by atomic mass is 9.95. The average Bonchev–Trinajstić information content (AvgIpc) is 1.54. The van der Waals surface area contributed by atoms with Crippen molar-refractivity contribution in [1.82, 2.24) is 0 Å². The Balaban J connectivity index is 0.630. The first kappa shape index (κ1) is 65.3. The van der Waals surface area contributed by atoms with Crippen molar-refractivity contribution < 1.29 is 8.83 Å². The maximum absolute atomic E-state index is 6.78. The predicted molar refractivity (Wildman–Crippen MR) is 464 cm³/mol. The molecular formula is C104H74N4O2. The zero-order valence-corrected chi connectivity index (χ0v) is 61.2. The number of aryl methyl sites for hydroxylation is 3. The van der Waals surface area contributed by atoms with Crippen LogP contribution >= 0.6 is 0 Å². The van der Waals surface area contributed by atoms with Crippen molar-refractivity contribution in [3.05, 3.63) is 410 Å². The third-order valence-electron chi connectivity index (χ3n) is 22.0. The van der Waals surface area contributed by atoms with Crippen LogP contribution in [0, 0.1) is 20.8 Å². The van der Waals surface area contributed by atoms with Gasteiger partial charge in [0.2, 0.25) is 0 Å². The fourth-order valence-corrected chi connectivity index (χ4v) is 16.6. The molecule has 0 unspecified atom stereocenters. The average molecular weight is 1410 g/mol. The van der Waals surface area contributed by atoms with Crippen molar-refractivity contribution in [2.24, 2.45) is 0 Å². The molecule has 0 atom stereocenters. The molecule has 20 rings (SSSR count). The Labute approximate surface area is 639 Å². The summed E-state index contributed by atoms with van der Waals surface area (Å²) in [5.74, 6) is 0. The first-order chi connectivity index (χ1) is 54.2. The lowest BCUT2D eigenvalue weighted by molar-refractivity contribution is 0.669. The third-order valence-corrected chi connectivity index (χ3v) is 22.0. The number of fused-ring (bicyclic) bond motifs is 14. The summed E-state index contributed by atoms with van der Waals surface area (Å²) in [6.45, 7) is 6.42. The highest BCUT2D eigenvalue weighted by molar-refractivity contribution is 6.28. The van der Waals surface area contributed by atoms with Gasteiger partial charge in [-0.3, -0.25) is 0 Å². The van der Waals surface area contributed by atoms with Crippen molar-refractivity contribution in [2.75, 3.05) is 19.6 Å². The van der Waals surface area contributed by atoms with Gasteiger partial charge in [0.15, 0.2) is 0 Å². The molecule has 110 heavy (non-hydrogen) atoms. The largest absolute Gasteiger partial charge is 0.456 e. The van der Waals surface area contributed by atoms with E-state index in [4.69, 9.17) is 8.83 Å². The number of hydrogen-bond acceptors (Lipinski definition) is 6. The van der Waals surface area contributed by atoms with E-state index in [2.05, 4.69) is 423 Å². The highest BCUT2D eigenvalue weighted by Crippen LogP contribution is 2.49. The minimum absolute atomic E-state index is 0.739. The Morgan fingerprint density at radius 3 is 0.882 bits per heavy atom. The van der Waals surface area contributed by atoms with Crippen LogP contribution in [0.2, 0.25) is 0 Å². The fourth-order valence-electron chi connectivity index (χ4n) is 16.6. The lowest BCUT2D eigenvalue weighted by Crippen LogP contribution is -2.11. The van der Waals surface area contributed by atoms with Crippen LogP contribution in [-0.4, -0.2) is 0 Å². The summed E-state index contributed by atoms with van der Waals surface area (Å²) in [5, 5.41) is 13.6. The van der Waals surface area contributed by atoms with Gasteiger partial charge in [0.25, 0.3) is 0 Å². The summed E-state index contributed by atoms with van der Waals surface area (Å²) in [5.41, 5.74) is 27.2. The molecule has 0 aliphatic heterocycles. The van der Waals surface area contributed by atoms with E-state index in [1.54, 1.807) is 0 Å². The zero-order chi connectivity index (χ0) is 73.3. The summed E-state index contributed by atoms with van der Waals surface area (Å²) >= 11 is 0. The molecule has 0 aliphatic rings. The van der Waals surface area contributed by atoms with Gasteiger partial charge in [0.1, 0.15) is 22.3 Å². The Morgan fingerprint density at radius 2 is 0.500 bits per heavy atom. The molecule has 0 bridgehead atoms. The minimum atomic E-state index is 0.739. The van der Waals surface area contributed by atoms with E-state index in [9.17, 15) is 0 Å². The Kier molecular flexibility index (Phi) is 16.2. The van der Waals surface area contributed by atoms with Crippen LogP contribution in [0.1, 0.15) is 27.8 Å². The molecule has 6 nitrogen and oxygen atoms in total. The van der Waals surface area contributed by atoms with E-state index in [0.29, 0.717) is 0 Å². The Morgan fingerprint density at radius 1 is 0.209 bits per heavy atom. The van der Waals surface area contributed by atoms with Crippen LogP contribution in [0.15, 0.2) is 391 Å². The van der Waals surface area contributed by atoms with Crippen LogP contribution in [0.4, 0.5) is 68.2 Å². The second kappa shape index (κ2) is 27.3. The molecule has 0 amide bonds. The molecule has 0 aliphatic carbocycles. The van der Waals surface area contributed by atoms with Crippen molar-refractivity contribution >= 4 is 155 Å². The quantitative estimate of drug-likeness (QED) is 0.0960. The van der Waals surface area contributed by atoms with E-state index in [1.165, 1.54) is 33.4 Å². The Hall–Kier alpha value is -14.2. The van der Waals surface area contributed by atoms with Crippen molar-refractivity contribution in [3.63, 3.8) is 0 Å². The lowest BCUT2D eigenvalue weighted by Gasteiger charge is -2.29.